The Morgan fingerprint density at radius 3 is 2.75 bits per heavy atom. The molecule has 0 atom stereocenters. The van der Waals surface area contributed by atoms with Crippen molar-refractivity contribution in [2.24, 2.45) is 0 Å². The number of aromatic nitrogens is 2. The molecule has 1 aromatic heterocycles. The minimum absolute atomic E-state index is 0.418. The molecule has 1 amide bonds. The molecule has 0 unspecified atom stereocenters. The van der Waals surface area contributed by atoms with E-state index in [2.05, 4.69) is 5.32 Å². The van der Waals surface area contributed by atoms with E-state index in [-0.39, 0.29) is 0 Å². The van der Waals surface area contributed by atoms with Crippen molar-refractivity contribution in [2.75, 3.05) is 11.9 Å². The third kappa shape index (κ3) is 4.56. The summed E-state index contributed by atoms with van der Waals surface area (Å²) in [4.78, 5) is 47.8. The Hall–Kier alpha value is -2.87. The van der Waals surface area contributed by atoms with Crippen LogP contribution in [-0.2, 0) is 20.9 Å². The number of esters is 1. The molecular formula is C15H14ClN3O5. The summed E-state index contributed by atoms with van der Waals surface area (Å²) in [7, 11) is 0. The van der Waals surface area contributed by atoms with Crippen LogP contribution < -0.4 is 16.6 Å². The molecule has 0 radical (unpaired) electrons. The van der Waals surface area contributed by atoms with Crippen LogP contribution in [0.5, 0.6) is 0 Å². The van der Waals surface area contributed by atoms with Crippen LogP contribution in [0.4, 0.5) is 5.69 Å². The molecule has 24 heavy (non-hydrogen) atoms. The van der Waals surface area contributed by atoms with Crippen LogP contribution in [0.15, 0.2) is 40.1 Å². The van der Waals surface area contributed by atoms with Crippen LogP contribution in [0, 0.1) is 6.92 Å². The molecule has 0 saturated heterocycles. The number of carbonyl (C=O) groups excluding carboxylic acids is 2. The van der Waals surface area contributed by atoms with Gasteiger partial charge in [-0.1, -0.05) is 17.7 Å². The normalized spacial score (nSPS) is 10.2. The fraction of sp³-hybridized carbons (Fsp3) is 0.200. The van der Waals surface area contributed by atoms with E-state index >= 15 is 0 Å². The minimum atomic E-state index is -0.790. The SMILES string of the molecule is Cc1c(Cl)cccc1NC(=O)COC(=O)Cn1ccc(=O)[nH]c1=O. The first kappa shape index (κ1) is 17.5. The fourth-order valence-corrected chi connectivity index (χ4v) is 2.00. The van der Waals surface area contributed by atoms with Crippen LogP contribution in [0.25, 0.3) is 0 Å². The van der Waals surface area contributed by atoms with Gasteiger partial charge in [0.1, 0.15) is 6.54 Å². The summed E-state index contributed by atoms with van der Waals surface area (Å²) in [5, 5.41) is 3.07. The molecule has 0 fully saturated rings. The van der Waals surface area contributed by atoms with Gasteiger partial charge in [0.2, 0.25) is 0 Å². The van der Waals surface area contributed by atoms with Crippen molar-refractivity contribution in [1.82, 2.24) is 9.55 Å². The van der Waals surface area contributed by atoms with Crippen molar-refractivity contribution in [3.05, 3.63) is 61.9 Å². The summed E-state index contributed by atoms with van der Waals surface area (Å²) in [6.07, 6.45) is 1.16. The number of nitrogens with one attached hydrogen (secondary N) is 2. The van der Waals surface area contributed by atoms with Crippen molar-refractivity contribution in [3.63, 3.8) is 0 Å². The van der Waals surface area contributed by atoms with Crippen LogP contribution >= 0.6 is 11.6 Å². The van der Waals surface area contributed by atoms with E-state index in [4.69, 9.17) is 16.3 Å². The van der Waals surface area contributed by atoms with Gasteiger partial charge in [0.15, 0.2) is 6.61 Å². The Balaban J connectivity index is 1.89. The van der Waals surface area contributed by atoms with Gasteiger partial charge in [-0.3, -0.25) is 23.9 Å². The second-order valence-corrected chi connectivity index (χ2v) is 5.27. The van der Waals surface area contributed by atoms with Crippen molar-refractivity contribution < 1.29 is 14.3 Å². The Morgan fingerprint density at radius 1 is 1.29 bits per heavy atom. The number of nitrogens with zero attached hydrogens (tertiary/aromatic N) is 1. The predicted octanol–water partition coefficient (Wildman–Crippen LogP) is 0.680. The number of hydrogen-bond donors (Lipinski definition) is 2. The molecular weight excluding hydrogens is 338 g/mol. The summed E-state index contributed by atoms with van der Waals surface area (Å²) in [6.45, 7) is 0.814. The van der Waals surface area contributed by atoms with Gasteiger partial charge < -0.3 is 10.1 Å². The summed E-state index contributed by atoms with van der Waals surface area (Å²) in [5.74, 6) is -1.33. The highest BCUT2D eigenvalue weighted by Gasteiger charge is 2.11. The number of aromatic amines is 1. The number of amides is 1. The smallest absolute Gasteiger partial charge is 0.328 e. The summed E-state index contributed by atoms with van der Waals surface area (Å²) < 4.78 is 5.76. The number of H-pyrrole nitrogens is 1. The third-order valence-corrected chi connectivity index (χ3v) is 3.51. The number of ether oxygens (including phenoxy) is 1. The summed E-state index contributed by atoms with van der Waals surface area (Å²) in [6, 6.07) is 6.14. The number of benzene rings is 1. The molecule has 2 rings (SSSR count). The fourth-order valence-electron chi connectivity index (χ4n) is 1.83. The molecule has 2 N–H and O–H groups in total. The van der Waals surface area contributed by atoms with Crippen molar-refractivity contribution in [3.8, 4) is 0 Å². The van der Waals surface area contributed by atoms with E-state index in [0.717, 1.165) is 16.8 Å². The van der Waals surface area contributed by atoms with Crippen LogP contribution in [-0.4, -0.2) is 28.0 Å². The number of hydrogen-bond acceptors (Lipinski definition) is 5. The van der Waals surface area contributed by atoms with Crippen LogP contribution in [0.3, 0.4) is 0 Å². The van der Waals surface area contributed by atoms with E-state index < -0.39 is 36.3 Å². The summed E-state index contributed by atoms with van der Waals surface area (Å²) in [5.41, 5.74) is -0.0987. The molecule has 9 heteroatoms. The quantitative estimate of drug-likeness (QED) is 0.770. The molecule has 0 spiro atoms. The lowest BCUT2D eigenvalue weighted by Crippen LogP contribution is -2.32. The largest absolute Gasteiger partial charge is 0.454 e. The molecule has 0 saturated carbocycles. The maximum atomic E-state index is 11.8. The van der Waals surface area contributed by atoms with Crippen LogP contribution in [0.2, 0.25) is 5.02 Å². The Morgan fingerprint density at radius 2 is 2.04 bits per heavy atom. The Kier molecular flexibility index (Phi) is 5.54. The van der Waals surface area contributed by atoms with Crippen molar-refractivity contribution >= 4 is 29.2 Å². The lowest BCUT2D eigenvalue weighted by molar-refractivity contribution is -0.148. The standard InChI is InChI=1S/C15H14ClN3O5/c1-9-10(16)3-2-4-11(9)17-13(21)8-24-14(22)7-19-6-5-12(20)18-15(19)23/h2-6H,7-8H2,1H3,(H,17,21)(H,18,20,23). The highest BCUT2D eigenvalue weighted by molar-refractivity contribution is 6.31. The second kappa shape index (κ2) is 7.60. The van der Waals surface area contributed by atoms with Gasteiger partial charge in [0.05, 0.1) is 0 Å². The topological polar surface area (TPSA) is 110 Å². The second-order valence-electron chi connectivity index (χ2n) is 4.86. The van der Waals surface area contributed by atoms with E-state index in [1.165, 1.54) is 0 Å². The van der Waals surface area contributed by atoms with Crippen LogP contribution in [0.1, 0.15) is 5.56 Å². The van der Waals surface area contributed by atoms with Crippen molar-refractivity contribution in [1.29, 1.82) is 0 Å². The first-order valence-corrected chi connectivity index (χ1v) is 7.25. The highest BCUT2D eigenvalue weighted by atomic mass is 35.5. The Bertz CT molecular complexity index is 887. The number of anilines is 1. The zero-order valence-electron chi connectivity index (χ0n) is 12.7. The molecule has 126 valence electrons. The molecule has 1 heterocycles. The maximum absolute atomic E-state index is 11.8. The average molecular weight is 352 g/mol. The van der Waals surface area contributed by atoms with E-state index in [9.17, 15) is 19.2 Å². The lowest BCUT2D eigenvalue weighted by atomic mass is 10.2. The molecule has 8 nitrogen and oxygen atoms in total. The predicted molar refractivity (Wildman–Crippen MR) is 87.1 cm³/mol. The van der Waals surface area contributed by atoms with Gasteiger partial charge in [-0.15, -0.1) is 0 Å². The molecule has 0 aliphatic heterocycles. The number of halogens is 1. The molecule has 1 aromatic carbocycles. The maximum Gasteiger partial charge on any atom is 0.328 e. The van der Waals surface area contributed by atoms with Gasteiger partial charge >= 0.3 is 11.7 Å². The van der Waals surface area contributed by atoms with Gasteiger partial charge in [-0.25, -0.2) is 4.79 Å². The van der Waals surface area contributed by atoms with E-state index in [0.29, 0.717) is 16.3 Å². The van der Waals surface area contributed by atoms with E-state index in [1.54, 1.807) is 25.1 Å². The summed E-state index contributed by atoms with van der Waals surface area (Å²) >= 11 is 5.95. The van der Waals surface area contributed by atoms with Crippen molar-refractivity contribution in [2.45, 2.75) is 13.5 Å². The van der Waals surface area contributed by atoms with Gasteiger partial charge in [-0.2, -0.15) is 0 Å². The molecule has 0 aliphatic rings. The zero-order valence-corrected chi connectivity index (χ0v) is 13.4. The molecule has 0 aliphatic carbocycles. The zero-order chi connectivity index (χ0) is 17.7. The molecule has 2 aromatic rings. The van der Waals surface area contributed by atoms with E-state index in [1.807, 2.05) is 4.98 Å². The monoisotopic (exact) mass is 351 g/mol. The number of carbonyl (C=O) groups is 2. The lowest BCUT2D eigenvalue weighted by Gasteiger charge is -2.10. The first-order valence-electron chi connectivity index (χ1n) is 6.87. The average Bonchev–Trinajstić information content (AvgIpc) is 2.53. The Labute approximate surface area is 141 Å². The third-order valence-electron chi connectivity index (χ3n) is 3.10. The van der Waals surface area contributed by atoms with Gasteiger partial charge in [0, 0.05) is 23.0 Å². The number of rotatable bonds is 5. The minimum Gasteiger partial charge on any atom is -0.454 e. The van der Waals surface area contributed by atoms with Gasteiger partial charge in [-0.05, 0) is 24.6 Å². The molecule has 0 bridgehead atoms. The highest BCUT2D eigenvalue weighted by Crippen LogP contribution is 2.22. The van der Waals surface area contributed by atoms with Gasteiger partial charge in [0.25, 0.3) is 11.5 Å². The first-order chi connectivity index (χ1) is 11.4.